The first kappa shape index (κ1) is 19.1. The van der Waals surface area contributed by atoms with Crippen molar-refractivity contribution in [3.8, 4) is 22.8 Å². The summed E-state index contributed by atoms with van der Waals surface area (Å²) in [6, 6.07) is 19.7. The van der Waals surface area contributed by atoms with E-state index in [2.05, 4.69) is 11.6 Å². The first-order chi connectivity index (χ1) is 15.2. The zero-order valence-electron chi connectivity index (χ0n) is 17.0. The number of ether oxygens (including phenoxy) is 1. The Kier molecular flexibility index (Phi) is 4.96. The zero-order chi connectivity index (χ0) is 21.2. The summed E-state index contributed by atoms with van der Waals surface area (Å²) in [6.45, 7) is 4.94. The van der Waals surface area contributed by atoms with Crippen LogP contribution in [0.3, 0.4) is 0 Å². The van der Waals surface area contributed by atoms with Crippen molar-refractivity contribution in [2.24, 2.45) is 0 Å². The van der Waals surface area contributed by atoms with Crippen molar-refractivity contribution in [2.75, 3.05) is 13.1 Å². The average molecular weight is 410 g/mol. The Hall–Kier alpha value is -3.93. The fraction of sp³-hybridized carbons (Fsp3) is 0.160. The van der Waals surface area contributed by atoms with Crippen LogP contribution in [0.5, 0.6) is 11.5 Å². The van der Waals surface area contributed by atoms with Crippen LogP contribution in [0.25, 0.3) is 22.2 Å². The summed E-state index contributed by atoms with van der Waals surface area (Å²) < 4.78 is 7.94. The number of amides is 1. The number of carbonyl (C=O) groups excluding carboxylic acids is 1. The van der Waals surface area contributed by atoms with E-state index in [-0.39, 0.29) is 11.9 Å². The molecule has 2 aromatic carbocycles. The zero-order valence-corrected chi connectivity index (χ0v) is 17.0. The van der Waals surface area contributed by atoms with Crippen LogP contribution < -0.4 is 4.74 Å². The van der Waals surface area contributed by atoms with Crippen LogP contribution in [0.15, 0.2) is 85.7 Å². The third-order valence-corrected chi connectivity index (χ3v) is 5.61. The van der Waals surface area contributed by atoms with Gasteiger partial charge >= 0.3 is 0 Å². The van der Waals surface area contributed by atoms with Crippen molar-refractivity contribution in [3.05, 3.63) is 85.7 Å². The van der Waals surface area contributed by atoms with Gasteiger partial charge in [0.05, 0.1) is 11.6 Å². The number of nitrogens with zero attached hydrogens (tertiary/aromatic N) is 4. The Morgan fingerprint density at radius 2 is 1.84 bits per heavy atom. The molecule has 0 saturated carbocycles. The van der Waals surface area contributed by atoms with E-state index in [1.165, 1.54) is 6.08 Å². The molecule has 1 unspecified atom stereocenters. The number of rotatable bonds is 5. The van der Waals surface area contributed by atoms with E-state index in [4.69, 9.17) is 9.84 Å². The molecule has 0 radical (unpaired) electrons. The van der Waals surface area contributed by atoms with Crippen LogP contribution in [-0.2, 0) is 4.79 Å². The van der Waals surface area contributed by atoms with Crippen LogP contribution >= 0.6 is 0 Å². The van der Waals surface area contributed by atoms with Crippen LogP contribution in [0.4, 0.5) is 0 Å². The molecule has 0 bridgehead atoms. The van der Waals surface area contributed by atoms with Gasteiger partial charge in [0.2, 0.25) is 5.91 Å². The Morgan fingerprint density at radius 3 is 2.61 bits per heavy atom. The summed E-state index contributed by atoms with van der Waals surface area (Å²) in [5, 5.41) is 5.94. The summed E-state index contributed by atoms with van der Waals surface area (Å²) in [6.07, 6.45) is 5.87. The summed E-state index contributed by atoms with van der Waals surface area (Å²) in [5.74, 6) is 1.54. The highest BCUT2D eigenvalue weighted by Crippen LogP contribution is 2.33. The van der Waals surface area contributed by atoms with Crippen LogP contribution in [0.2, 0.25) is 0 Å². The van der Waals surface area contributed by atoms with Crippen molar-refractivity contribution in [2.45, 2.75) is 12.5 Å². The number of pyridine rings is 1. The lowest BCUT2D eigenvalue weighted by atomic mass is 10.1. The summed E-state index contributed by atoms with van der Waals surface area (Å²) >= 11 is 0. The molecule has 31 heavy (non-hydrogen) atoms. The van der Waals surface area contributed by atoms with Crippen molar-refractivity contribution in [3.63, 3.8) is 0 Å². The number of para-hydroxylation sites is 1. The molecular formula is C25H22N4O2. The molecular weight excluding hydrogens is 388 g/mol. The Labute approximate surface area is 180 Å². The number of hydrogen-bond acceptors (Lipinski definition) is 4. The first-order valence-electron chi connectivity index (χ1n) is 10.3. The fourth-order valence-electron chi connectivity index (χ4n) is 4.05. The molecule has 0 N–H and O–H groups in total. The summed E-state index contributed by atoms with van der Waals surface area (Å²) in [4.78, 5) is 18.1. The molecule has 0 spiro atoms. The Morgan fingerprint density at radius 1 is 1.06 bits per heavy atom. The molecule has 6 nitrogen and oxygen atoms in total. The molecule has 2 aromatic heterocycles. The van der Waals surface area contributed by atoms with Crippen molar-refractivity contribution in [1.29, 1.82) is 0 Å². The largest absolute Gasteiger partial charge is 0.457 e. The van der Waals surface area contributed by atoms with Gasteiger partial charge in [-0.05, 0) is 55.0 Å². The second kappa shape index (κ2) is 8.07. The molecule has 3 heterocycles. The average Bonchev–Trinajstić information content (AvgIpc) is 3.45. The molecule has 1 aliphatic rings. The highest BCUT2D eigenvalue weighted by Gasteiger charge is 2.28. The van der Waals surface area contributed by atoms with Gasteiger partial charge in [-0.2, -0.15) is 5.10 Å². The third-order valence-electron chi connectivity index (χ3n) is 5.61. The molecule has 0 aliphatic carbocycles. The molecule has 1 atom stereocenters. The SMILES string of the molecule is C=CC(=O)N1CCC(n2nc(-c3ccc(Oc4ccccc4)cc3)c3cnccc32)C1. The van der Waals surface area contributed by atoms with Gasteiger partial charge in [-0.15, -0.1) is 0 Å². The first-order valence-corrected chi connectivity index (χ1v) is 10.3. The van der Waals surface area contributed by atoms with Gasteiger partial charge in [0.1, 0.15) is 17.2 Å². The Balaban J connectivity index is 1.45. The van der Waals surface area contributed by atoms with E-state index in [0.717, 1.165) is 40.1 Å². The number of carbonyl (C=O) groups is 1. The lowest BCUT2D eigenvalue weighted by Gasteiger charge is -2.15. The van der Waals surface area contributed by atoms with Crippen molar-refractivity contribution >= 4 is 16.8 Å². The van der Waals surface area contributed by atoms with Crippen molar-refractivity contribution in [1.82, 2.24) is 19.7 Å². The monoisotopic (exact) mass is 410 g/mol. The molecule has 1 amide bonds. The van der Waals surface area contributed by atoms with E-state index >= 15 is 0 Å². The highest BCUT2D eigenvalue weighted by molar-refractivity contribution is 5.93. The maximum absolute atomic E-state index is 12.0. The number of aromatic nitrogens is 3. The molecule has 4 aromatic rings. The predicted octanol–water partition coefficient (Wildman–Crippen LogP) is 4.85. The smallest absolute Gasteiger partial charge is 0.246 e. The number of fused-ring (bicyclic) bond motifs is 1. The summed E-state index contributed by atoms with van der Waals surface area (Å²) in [7, 11) is 0. The fourth-order valence-corrected chi connectivity index (χ4v) is 4.05. The molecule has 1 saturated heterocycles. The molecule has 154 valence electrons. The van der Waals surface area contributed by atoms with E-state index in [9.17, 15) is 4.79 Å². The minimum Gasteiger partial charge on any atom is -0.457 e. The van der Waals surface area contributed by atoms with E-state index in [0.29, 0.717) is 13.1 Å². The lowest BCUT2D eigenvalue weighted by molar-refractivity contribution is -0.125. The van der Waals surface area contributed by atoms with Gasteiger partial charge in [-0.25, -0.2) is 0 Å². The van der Waals surface area contributed by atoms with Crippen LogP contribution in [0.1, 0.15) is 12.5 Å². The second-order valence-corrected chi connectivity index (χ2v) is 7.56. The topological polar surface area (TPSA) is 60.2 Å². The van der Waals surface area contributed by atoms with Gasteiger partial charge in [-0.3, -0.25) is 14.5 Å². The quantitative estimate of drug-likeness (QED) is 0.441. The molecule has 6 heteroatoms. The van der Waals surface area contributed by atoms with Gasteiger partial charge < -0.3 is 9.64 Å². The lowest BCUT2D eigenvalue weighted by Crippen LogP contribution is -2.27. The van der Waals surface area contributed by atoms with Gasteiger partial charge in [-0.1, -0.05) is 24.8 Å². The molecule has 1 fully saturated rings. The minimum absolute atomic E-state index is 0.0325. The number of benzene rings is 2. The maximum atomic E-state index is 12.0. The third kappa shape index (κ3) is 3.68. The van der Waals surface area contributed by atoms with Gasteiger partial charge in [0, 0.05) is 36.4 Å². The van der Waals surface area contributed by atoms with E-state index in [1.54, 1.807) is 6.20 Å². The standard InChI is InChI=1S/C25H22N4O2/c1-2-24(30)28-15-13-19(17-28)29-23-12-14-26-16-22(23)25(27-29)18-8-10-21(11-9-18)31-20-6-4-3-5-7-20/h2-12,14,16,19H,1,13,15,17H2. The normalized spacial score (nSPS) is 15.9. The van der Waals surface area contributed by atoms with Crippen LogP contribution in [0, 0.1) is 0 Å². The second-order valence-electron chi connectivity index (χ2n) is 7.56. The highest BCUT2D eigenvalue weighted by atomic mass is 16.5. The maximum Gasteiger partial charge on any atom is 0.246 e. The summed E-state index contributed by atoms with van der Waals surface area (Å²) in [5.41, 5.74) is 2.89. The predicted molar refractivity (Wildman–Crippen MR) is 120 cm³/mol. The molecule has 1 aliphatic heterocycles. The van der Waals surface area contributed by atoms with E-state index in [1.807, 2.05) is 76.4 Å². The van der Waals surface area contributed by atoms with E-state index < -0.39 is 0 Å². The van der Waals surface area contributed by atoms with Gasteiger partial charge in [0.15, 0.2) is 0 Å². The van der Waals surface area contributed by atoms with Crippen LogP contribution in [-0.4, -0.2) is 38.7 Å². The Bertz CT molecular complexity index is 1230. The molecule has 5 rings (SSSR count). The number of likely N-dealkylation sites (tertiary alicyclic amines) is 1. The minimum atomic E-state index is -0.0325. The number of hydrogen-bond donors (Lipinski definition) is 0. The van der Waals surface area contributed by atoms with Crippen molar-refractivity contribution < 1.29 is 9.53 Å². The van der Waals surface area contributed by atoms with Gasteiger partial charge in [0.25, 0.3) is 0 Å².